The Balaban J connectivity index is 1.99. The Hall–Kier alpha value is -2.88. The Morgan fingerprint density at radius 3 is 2.45 bits per heavy atom. The van der Waals surface area contributed by atoms with Gasteiger partial charge in [-0.15, -0.1) is 0 Å². The number of rotatable bonds is 1. The molecule has 4 heteroatoms. The first-order chi connectivity index (χ1) is 9.81. The molecule has 4 aromatic rings. The third-order valence-corrected chi connectivity index (χ3v) is 3.41. The third kappa shape index (κ3) is 1.62. The Morgan fingerprint density at radius 1 is 0.850 bits per heavy atom. The summed E-state index contributed by atoms with van der Waals surface area (Å²) in [7, 11) is 0. The molecule has 0 saturated carbocycles. The molecule has 4 rings (SSSR count). The second-order valence-electron chi connectivity index (χ2n) is 4.71. The van der Waals surface area contributed by atoms with Crippen LogP contribution in [-0.2, 0) is 0 Å². The molecular weight excluding hydrogens is 250 g/mol. The maximum atomic E-state index is 12.0. The normalized spacial score (nSPS) is 11.2. The van der Waals surface area contributed by atoms with Crippen molar-refractivity contribution in [2.45, 2.75) is 0 Å². The molecule has 0 amide bonds. The van der Waals surface area contributed by atoms with Crippen molar-refractivity contribution in [1.82, 2.24) is 15.0 Å². The number of benzene rings is 2. The summed E-state index contributed by atoms with van der Waals surface area (Å²) >= 11 is 0. The van der Waals surface area contributed by atoms with E-state index in [2.05, 4.69) is 15.0 Å². The third-order valence-electron chi connectivity index (χ3n) is 3.41. The van der Waals surface area contributed by atoms with Crippen molar-refractivity contribution in [3.8, 4) is 11.5 Å². The number of hydrogen-bond acceptors (Lipinski definition) is 2. The van der Waals surface area contributed by atoms with E-state index >= 15 is 0 Å². The van der Waals surface area contributed by atoms with Crippen LogP contribution in [0.2, 0.25) is 0 Å². The molecule has 0 saturated heterocycles. The van der Waals surface area contributed by atoms with Crippen LogP contribution in [0.4, 0.5) is 0 Å². The molecule has 0 bridgehead atoms. The summed E-state index contributed by atoms with van der Waals surface area (Å²) in [6.07, 6.45) is 0. The summed E-state index contributed by atoms with van der Waals surface area (Å²) in [5.41, 5.74) is 2.42. The lowest BCUT2D eigenvalue weighted by Crippen LogP contribution is -2.09. The molecule has 96 valence electrons. The van der Waals surface area contributed by atoms with Crippen molar-refractivity contribution in [3.63, 3.8) is 0 Å². The van der Waals surface area contributed by atoms with E-state index in [0.29, 0.717) is 11.2 Å². The van der Waals surface area contributed by atoms with E-state index in [1.807, 2.05) is 48.5 Å². The minimum atomic E-state index is -0.215. The summed E-state index contributed by atoms with van der Waals surface area (Å²) in [5, 5.41) is 1.70. The maximum absolute atomic E-state index is 12.0. The molecule has 0 aliphatic heterocycles. The predicted molar refractivity (Wildman–Crippen MR) is 79.7 cm³/mol. The minimum Gasteiger partial charge on any atom is -0.352 e. The number of hydrogen-bond donors (Lipinski definition) is 2. The highest BCUT2D eigenvalue weighted by Gasteiger charge is 2.08. The van der Waals surface area contributed by atoms with Crippen molar-refractivity contribution >= 4 is 21.8 Å². The van der Waals surface area contributed by atoms with Crippen LogP contribution in [-0.4, -0.2) is 15.0 Å². The van der Waals surface area contributed by atoms with E-state index in [0.717, 1.165) is 22.1 Å². The van der Waals surface area contributed by atoms with E-state index in [1.165, 1.54) is 0 Å². The smallest absolute Gasteiger partial charge is 0.281 e. The van der Waals surface area contributed by atoms with Gasteiger partial charge in [-0.2, -0.15) is 4.98 Å². The standard InChI is InChI=1S/C16H11N3O/c20-16-11-6-2-4-8-13(11)18-15(19-16)14-9-10-5-1-3-7-12(10)17-14/h1-9,17H,(H,18,19,20). The highest BCUT2D eigenvalue weighted by molar-refractivity contribution is 5.85. The highest BCUT2D eigenvalue weighted by Crippen LogP contribution is 2.21. The predicted octanol–water partition coefficient (Wildman–Crippen LogP) is 3.07. The molecule has 2 aromatic carbocycles. The largest absolute Gasteiger partial charge is 0.352 e. The molecule has 2 aromatic heterocycles. The fraction of sp³-hybridized carbons (Fsp3) is 0. The first-order valence-electron chi connectivity index (χ1n) is 6.38. The van der Waals surface area contributed by atoms with Crippen molar-refractivity contribution in [1.29, 1.82) is 0 Å². The van der Waals surface area contributed by atoms with Gasteiger partial charge < -0.3 is 9.97 Å². The van der Waals surface area contributed by atoms with E-state index in [4.69, 9.17) is 0 Å². The molecule has 0 fully saturated rings. The maximum Gasteiger partial charge on any atom is 0.281 e. The van der Waals surface area contributed by atoms with Crippen molar-refractivity contribution < 1.29 is 0 Å². The van der Waals surface area contributed by atoms with Gasteiger partial charge in [0.15, 0.2) is 5.82 Å². The van der Waals surface area contributed by atoms with Gasteiger partial charge in [-0.3, -0.25) is 4.79 Å². The van der Waals surface area contributed by atoms with Crippen molar-refractivity contribution in [3.05, 3.63) is 65.0 Å². The van der Waals surface area contributed by atoms with Gasteiger partial charge in [-0.1, -0.05) is 30.3 Å². The van der Waals surface area contributed by atoms with E-state index in [-0.39, 0.29) is 5.56 Å². The molecule has 20 heavy (non-hydrogen) atoms. The fourth-order valence-corrected chi connectivity index (χ4v) is 2.42. The first-order valence-corrected chi connectivity index (χ1v) is 6.38. The fourth-order valence-electron chi connectivity index (χ4n) is 2.42. The molecule has 0 spiro atoms. The van der Waals surface area contributed by atoms with E-state index < -0.39 is 0 Å². The lowest BCUT2D eigenvalue weighted by molar-refractivity contribution is 1.16. The summed E-state index contributed by atoms with van der Waals surface area (Å²) in [6, 6.07) is 17.3. The number of fused-ring (bicyclic) bond motifs is 2. The van der Waals surface area contributed by atoms with Crippen LogP contribution in [0.1, 0.15) is 0 Å². The van der Waals surface area contributed by atoms with Crippen LogP contribution in [0, 0.1) is 0 Å². The molecule has 0 unspecified atom stereocenters. The van der Waals surface area contributed by atoms with Gasteiger partial charge >= 0.3 is 0 Å². The number of nitrogens with zero attached hydrogens (tertiary/aromatic N) is 1. The lowest BCUT2D eigenvalue weighted by Gasteiger charge is -2.00. The summed E-state index contributed by atoms with van der Waals surface area (Å²) < 4.78 is 0. The summed E-state index contributed by atoms with van der Waals surface area (Å²) in [6.45, 7) is 0. The zero-order chi connectivity index (χ0) is 13.5. The van der Waals surface area contributed by atoms with Gasteiger partial charge in [-0.25, -0.2) is 0 Å². The number of para-hydroxylation sites is 2. The number of aromatic amines is 2. The molecule has 0 atom stereocenters. The Labute approximate surface area is 114 Å². The van der Waals surface area contributed by atoms with Crippen LogP contribution in [0.25, 0.3) is 33.3 Å². The van der Waals surface area contributed by atoms with Crippen LogP contribution in [0.3, 0.4) is 0 Å². The topological polar surface area (TPSA) is 61.5 Å². The van der Waals surface area contributed by atoms with Crippen LogP contribution in [0.5, 0.6) is 0 Å². The van der Waals surface area contributed by atoms with E-state index in [9.17, 15) is 4.79 Å². The van der Waals surface area contributed by atoms with Crippen LogP contribution < -0.4 is 5.56 Å². The quantitative estimate of drug-likeness (QED) is 0.553. The van der Waals surface area contributed by atoms with Gasteiger partial charge in [0.1, 0.15) is 0 Å². The Bertz CT molecular complexity index is 949. The molecule has 0 radical (unpaired) electrons. The second-order valence-corrected chi connectivity index (χ2v) is 4.71. The SMILES string of the molecule is O=c1nc(-c2cc3ccccc3[nH]2)[nH]c2ccccc12. The zero-order valence-corrected chi connectivity index (χ0v) is 10.6. The van der Waals surface area contributed by atoms with Crippen molar-refractivity contribution in [2.75, 3.05) is 0 Å². The zero-order valence-electron chi connectivity index (χ0n) is 10.6. The second kappa shape index (κ2) is 4.06. The minimum absolute atomic E-state index is 0.215. The molecular formula is C16H11N3O. The van der Waals surface area contributed by atoms with Gasteiger partial charge in [0.05, 0.1) is 16.6 Å². The number of aromatic nitrogens is 3. The first kappa shape index (κ1) is 11.0. The van der Waals surface area contributed by atoms with Crippen LogP contribution in [0.15, 0.2) is 59.4 Å². The Kier molecular flexibility index (Phi) is 2.23. The average Bonchev–Trinajstić information content (AvgIpc) is 2.91. The molecule has 2 N–H and O–H groups in total. The van der Waals surface area contributed by atoms with E-state index in [1.54, 1.807) is 6.07 Å². The average molecular weight is 261 g/mol. The molecule has 0 aliphatic carbocycles. The van der Waals surface area contributed by atoms with Gasteiger partial charge in [0.25, 0.3) is 5.56 Å². The Morgan fingerprint density at radius 2 is 1.60 bits per heavy atom. The number of H-pyrrole nitrogens is 2. The molecule has 0 aliphatic rings. The number of nitrogens with one attached hydrogen (secondary N) is 2. The van der Waals surface area contributed by atoms with Crippen molar-refractivity contribution in [2.24, 2.45) is 0 Å². The monoisotopic (exact) mass is 261 g/mol. The van der Waals surface area contributed by atoms with Gasteiger partial charge in [-0.05, 0) is 24.3 Å². The highest BCUT2D eigenvalue weighted by atomic mass is 16.1. The van der Waals surface area contributed by atoms with Gasteiger partial charge in [0.2, 0.25) is 0 Å². The lowest BCUT2D eigenvalue weighted by atomic mass is 10.2. The summed E-state index contributed by atoms with van der Waals surface area (Å²) in [4.78, 5) is 22.6. The summed E-state index contributed by atoms with van der Waals surface area (Å²) in [5.74, 6) is 0.560. The van der Waals surface area contributed by atoms with Crippen LogP contribution >= 0.6 is 0 Å². The molecule has 2 heterocycles. The van der Waals surface area contributed by atoms with Gasteiger partial charge in [0, 0.05) is 10.9 Å². The molecule has 4 nitrogen and oxygen atoms in total.